The first-order chi connectivity index (χ1) is 8.49. The first-order valence-electron chi connectivity index (χ1n) is 5.01. The van der Waals surface area contributed by atoms with Crippen LogP contribution in [-0.4, -0.2) is 27.8 Å². The van der Waals surface area contributed by atoms with E-state index in [1.807, 2.05) is 6.07 Å². The quantitative estimate of drug-likeness (QED) is 0.776. The highest BCUT2D eigenvalue weighted by Crippen LogP contribution is 2.21. The fraction of sp³-hybridized carbons (Fsp3) is 0.250. The van der Waals surface area contributed by atoms with Crippen molar-refractivity contribution in [2.24, 2.45) is 0 Å². The molecule has 0 aliphatic rings. The SMILES string of the molecule is N#Cc1ccc(C(O)C(=O)O)c(CC(=O)CCl)c1. The maximum atomic E-state index is 11.3. The van der Waals surface area contributed by atoms with Crippen LogP contribution in [-0.2, 0) is 16.0 Å². The van der Waals surface area contributed by atoms with Crippen LogP contribution < -0.4 is 0 Å². The Morgan fingerprint density at radius 3 is 2.61 bits per heavy atom. The van der Waals surface area contributed by atoms with Crippen LogP contribution in [0.3, 0.4) is 0 Å². The molecule has 0 radical (unpaired) electrons. The minimum atomic E-state index is -1.73. The average molecular weight is 268 g/mol. The van der Waals surface area contributed by atoms with Crippen LogP contribution in [0.4, 0.5) is 0 Å². The van der Waals surface area contributed by atoms with E-state index in [2.05, 4.69) is 0 Å². The van der Waals surface area contributed by atoms with E-state index in [9.17, 15) is 14.7 Å². The molecular formula is C12H10ClNO4. The van der Waals surface area contributed by atoms with E-state index >= 15 is 0 Å². The van der Waals surface area contributed by atoms with Gasteiger partial charge in [0.05, 0.1) is 17.5 Å². The molecule has 94 valence electrons. The highest BCUT2D eigenvalue weighted by Gasteiger charge is 2.20. The van der Waals surface area contributed by atoms with Crippen LogP contribution in [0.25, 0.3) is 0 Å². The van der Waals surface area contributed by atoms with Gasteiger partial charge in [-0.2, -0.15) is 5.26 Å². The van der Waals surface area contributed by atoms with Crippen molar-refractivity contribution in [1.29, 1.82) is 5.26 Å². The molecule has 0 fully saturated rings. The normalized spacial score (nSPS) is 11.6. The first kappa shape index (κ1) is 14.2. The topological polar surface area (TPSA) is 98.4 Å². The molecule has 1 rings (SSSR count). The van der Waals surface area contributed by atoms with Crippen molar-refractivity contribution in [2.45, 2.75) is 12.5 Å². The summed E-state index contributed by atoms with van der Waals surface area (Å²) in [6.45, 7) is 0. The van der Waals surface area contributed by atoms with Crippen LogP contribution in [0.1, 0.15) is 22.8 Å². The Bertz CT molecular complexity index is 521. The summed E-state index contributed by atoms with van der Waals surface area (Å²) in [7, 11) is 0. The van der Waals surface area contributed by atoms with E-state index in [4.69, 9.17) is 22.0 Å². The number of nitrogens with zero attached hydrogens (tertiary/aromatic N) is 1. The number of hydrogen-bond donors (Lipinski definition) is 2. The van der Waals surface area contributed by atoms with Gasteiger partial charge < -0.3 is 10.2 Å². The van der Waals surface area contributed by atoms with Crippen LogP contribution >= 0.6 is 11.6 Å². The van der Waals surface area contributed by atoms with Crippen molar-refractivity contribution in [3.8, 4) is 6.07 Å². The smallest absolute Gasteiger partial charge is 0.337 e. The second-order valence-corrected chi connectivity index (χ2v) is 3.88. The van der Waals surface area contributed by atoms with Gasteiger partial charge in [0.25, 0.3) is 0 Å². The van der Waals surface area contributed by atoms with Gasteiger partial charge in [-0.25, -0.2) is 4.79 Å². The summed E-state index contributed by atoms with van der Waals surface area (Å²) in [5, 5.41) is 27.0. The molecule has 5 nitrogen and oxygen atoms in total. The molecule has 1 aromatic rings. The lowest BCUT2D eigenvalue weighted by Gasteiger charge is -2.11. The lowest BCUT2D eigenvalue weighted by Crippen LogP contribution is -2.15. The zero-order valence-electron chi connectivity index (χ0n) is 9.26. The van der Waals surface area contributed by atoms with Gasteiger partial charge in [0.2, 0.25) is 0 Å². The molecule has 1 aromatic carbocycles. The number of hydrogen-bond acceptors (Lipinski definition) is 4. The largest absolute Gasteiger partial charge is 0.479 e. The number of aliphatic hydroxyl groups is 1. The van der Waals surface area contributed by atoms with Crippen LogP contribution in [0.5, 0.6) is 0 Å². The summed E-state index contributed by atoms with van der Waals surface area (Å²) >= 11 is 5.38. The lowest BCUT2D eigenvalue weighted by molar-refractivity contribution is -0.147. The third-order valence-electron chi connectivity index (χ3n) is 2.34. The predicted octanol–water partition coefficient (Wildman–Crippen LogP) is 1.03. The van der Waals surface area contributed by atoms with Crippen molar-refractivity contribution < 1.29 is 19.8 Å². The predicted molar refractivity (Wildman–Crippen MR) is 63.2 cm³/mol. The Morgan fingerprint density at radius 1 is 1.44 bits per heavy atom. The maximum Gasteiger partial charge on any atom is 0.337 e. The van der Waals surface area contributed by atoms with Crippen molar-refractivity contribution >= 4 is 23.4 Å². The number of carbonyl (C=O) groups excluding carboxylic acids is 1. The Hall–Kier alpha value is -1.90. The Balaban J connectivity index is 3.20. The highest BCUT2D eigenvalue weighted by molar-refractivity contribution is 6.27. The van der Waals surface area contributed by atoms with Crippen molar-refractivity contribution in [1.82, 2.24) is 0 Å². The number of carbonyl (C=O) groups is 2. The molecule has 2 N–H and O–H groups in total. The number of alkyl halides is 1. The minimum Gasteiger partial charge on any atom is -0.479 e. The van der Waals surface area contributed by atoms with Crippen LogP contribution in [0.15, 0.2) is 18.2 Å². The molecule has 0 aromatic heterocycles. The average Bonchev–Trinajstić information content (AvgIpc) is 2.37. The molecule has 6 heteroatoms. The zero-order valence-corrected chi connectivity index (χ0v) is 10.0. The molecule has 0 bridgehead atoms. The molecule has 0 amide bonds. The van der Waals surface area contributed by atoms with E-state index in [0.717, 1.165) is 0 Å². The number of aliphatic carboxylic acids is 1. The van der Waals surface area contributed by atoms with Crippen molar-refractivity contribution in [3.63, 3.8) is 0 Å². The Labute approximate surface area is 108 Å². The third kappa shape index (κ3) is 3.29. The van der Waals surface area contributed by atoms with Gasteiger partial charge >= 0.3 is 5.97 Å². The number of aliphatic hydroxyl groups excluding tert-OH is 1. The summed E-state index contributed by atoms with van der Waals surface area (Å²) in [6.07, 6.45) is -1.84. The van der Waals surface area contributed by atoms with E-state index in [1.165, 1.54) is 18.2 Å². The number of halogens is 1. The number of carboxylic acids is 1. The maximum absolute atomic E-state index is 11.3. The second-order valence-electron chi connectivity index (χ2n) is 3.62. The van der Waals surface area contributed by atoms with E-state index in [1.54, 1.807) is 0 Å². The van der Waals surface area contributed by atoms with Gasteiger partial charge in [0, 0.05) is 6.42 Å². The number of rotatable bonds is 5. The molecule has 1 unspecified atom stereocenters. The third-order valence-corrected chi connectivity index (χ3v) is 2.64. The Morgan fingerprint density at radius 2 is 2.11 bits per heavy atom. The fourth-order valence-corrected chi connectivity index (χ4v) is 1.58. The molecule has 0 aliphatic heterocycles. The van der Waals surface area contributed by atoms with Crippen LogP contribution in [0.2, 0.25) is 0 Å². The first-order valence-corrected chi connectivity index (χ1v) is 5.54. The molecule has 0 saturated carbocycles. The van der Waals surface area contributed by atoms with Crippen molar-refractivity contribution in [3.05, 3.63) is 34.9 Å². The van der Waals surface area contributed by atoms with Gasteiger partial charge in [-0.3, -0.25) is 4.79 Å². The van der Waals surface area contributed by atoms with Gasteiger partial charge in [0.1, 0.15) is 0 Å². The number of benzene rings is 1. The summed E-state index contributed by atoms with van der Waals surface area (Å²) in [5.74, 6) is -1.94. The number of nitriles is 1. The number of ketones is 1. The standard InChI is InChI=1S/C12H10ClNO4/c13-5-9(15)4-8-3-7(6-14)1-2-10(8)11(16)12(17)18/h1-3,11,16H,4-5H2,(H,17,18). The molecular weight excluding hydrogens is 258 g/mol. The van der Waals surface area contributed by atoms with Gasteiger partial charge in [-0.05, 0) is 23.3 Å². The second kappa shape index (κ2) is 6.15. The molecule has 1 atom stereocenters. The van der Waals surface area contributed by atoms with Gasteiger partial charge in [-0.1, -0.05) is 6.07 Å². The summed E-state index contributed by atoms with van der Waals surface area (Å²) < 4.78 is 0. The lowest BCUT2D eigenvalue weighted by atomic mass is 9.96. The molecule has 0 heterocycles. The highest BCUT2D eigenvalue weighted by atomic mass is 35.5. The van der Waals surface area contributed by atoms with E-state index in [0.29, 0.717) is 5.56 Å². The van der Waals surface area contributed by atoms with Crippen molar-refractivity contribution in [2.75, 3.05) is 5.88 Å². The number of Topliss-reactive ketones (excluding diaryl/α,β-unsaturated/α-hetero) is 1. The minimum absolute atomic E-state index is 0.0972. The van der Waals surface area contributed by atoms with Crippen LogP contribution in [0, 0.1) is 11.3 Å². The monoisotopic (exact) mass is 267 g/mol. The number of carboxylic acid groups (broad SMARTS) is 1. The zero-order chi connectivity index (χ0) is 13.7. The summed E-state index contributed by atoms with van der Waals surface area (Å²) in [4.78, 5) is 22.0. The van der Waals surface area contributed by atoms with E-state index in [-0.39, 0.29) is 29.2 Å². The Kier molecular flexibility index (Phi) is 4.84. The van der Waals surface area contributed by atoms with Gasteiger partial charge in [-0.15, -0.1) is 11.6 Å². The summed E-state index contributed by atoms with van der Waals surface area (Å²) in [6, 6.07) is 5.97. The van der Waals surface area contributed by atoms with Gasteiger partial charge in [0.15, 0.2) is 11.9 Å². The molecule has 0 spiro atoms. The van der Waals surface area contributed by atoms with E-state index < -0.39 is 12.1 Å². The summed E-state index contributed by atoms with van der Waals surface area (Å²) in [5.41, 5.74) is 0.684. The molecule has 0 saturated heterocycles. The molecule has 0 aliphatic carbocycles. The molecule has 18 heavy (non-hydrogen) atoms. The fourth-order valence-electron chi connectivity index (χ4n) is 1.49.